The third-order valence-electron chi connectivity index (χ3n) is 3.31. The lowest BCUT2D eigenvalue weighted by Gasteiger charge is -2.04. The Bertz CT molecular complexity index is 829. The Labute approximate surface area is 132 Å². The van der Waals surface area contributed by atoms with Crippen molar-refractivity contribution in [2.24, 2.45) is 0 Å². The summed E-state index contributed by atoms with van der Waals surface area (Å²) < 4.78 is 6.26. The lowest BCUT2D eigenvalue weighted by molar-refractivity contribution is 0.104. The van der Waals surface area contributed by atoms with E-state index in [2.05, 4.69) is 0 Å². The largest absolute Gasteiger partial charge is 0.507 e. The highest BCUT2D eigenvalue weighted by Gasteiger charge is 2.10. The minimum Gasteiger partial charge on any atom is -0.507 e. The number of hydrogen-bond donors (Lipinski definition) is 1. The van der Waals surface area contributed by atoms with Crippen LogP contribution < -0.4 is 4.74 Å². The van der Waals surface area contributed by atoms with Crippen LogP contribution in [0.15, 0.2) is 54.6 Å². The van der Waals surface area contributed by atoms with Gasteiger partial charge in [-0.2, -0.15) is 0 Å². The molecule has 0 aliphatic carbocycles. The molecule has 22 heavy (non-hydrogen) atoms. The molecule has 0 aliphatic rings. The van der Waals surface area contributed by atoms with Gasteiger partial charge in [0.2, 0.25) is 0 Å². The predicted octanol–water partition coefficient (Wildman–Crippen LogP) is 4.51. The van der Waals surface area contributed by atoms with E-state index in [1.807, 2.05) is 30.3 Å². The molecule has 0 spiro atoms. The van der Waals surface area contributed by atoms with Crippen molar-refractivity contribution < 1.29 is 14.6 Å². The minimum absolute atomic E-state index is 0.0493. The zero-order valence-corrected chi connectivity index (χ0v) is 12.8. The lowest BCUT2D eigenvalue weighted by Crippen LogP contribution is -1.96. The fourth-order valence-electron chi connectivity index (χ4n) is 2.17. The second-order valence-corrected chi connectivity index (χ2v) is 5.88. The number of ketones is 1. The van der Waals surface area contributed by atoms with Crippen LogP contribution in [-0.2, 0) is 0 Å². The van der Waals surface area contributed by atoms with Gasteiger partial charge in [0.05, 0.1) is 12.7 Å². The molecule has 0 fully saturated rings. The third kappa shape index (κ3) is 2.87. The Balaban J connectivity index is 1.87. The molecule has 1 heterocycles. The van der Waals surface area contributed by atoms with E-state index in [-0.39, 0.29) is 17.1 Å². The van der Waals surface area contributed by atoms with Gasteiger partial charge in [-0.25, -0.2) is 0 Å². The molecular formula is C18H14O3S. The summed E-state index contributed by atoms with van der Waals surface area (Å²) in [6.07, 6.45) is 3.24. The molecular weight excluding hydrogens is 296 g/mol. The SMILES string of the molecule is COc1ccc(O)c(C(=O)/C=C/c2cc3ccccc3s2)c1. The molecule has 0 unspecified atom stereocenters. The van der Waals surface area contributed by atoms with E-state index < -0.39 is 0 Å². The van der Waals surface area contributed by atoms with Crippen LogP contribution in [0.3, 0.4) is 0 Å². The smallest absolute Gasteiger partial charge is 0.189 e. The molecule has 0 amide bonds. The molecule has 1 aromatic heterocycles. The monoisotopic (exact) mass is 310 g/mol. The quantitative estimate of drug-likeness (QED) is 0.569. The van der Waals surface area contributed by atoms with Crippen molar-refractivity contribution in [2.45, 2.75) is 0 Å². The van der Waals surface area contributed by atoms with Crippen molar-refractivity contribution in [3.63, 3.8) is 0 Å². The van der Waals surface area contributed by atoms with Gasteiger partial charge in [0.15, 0.2) is 5.78 Å². The van der Waals surface area contributed by atoms with Crippen LogP contribution >= 0.6 is 11.3 Å². The van der Waals surface area contributed by atoms with E-state index >= 15 is 0 Å². The summed E-state index contributed by atoms with van der Waals surface area (Å²) in [6, 6.07) is 14.7. The number of carbonyl (C=O) groups excluding carboxylic acids is 1. The van der Waals surface area contributed by atoms with Crippen molar-refractivity contribution in [3.8, 4) is 11.5 Å². The number of hydrogen-bond acceptors (Lipinski definition) is 4. The van der Waals surface area contributed by atoms with Gasteiger partial charge in [0, 0.05) is 9.58 Å². The molecule has 0 saturated heterocycles. The van der Waals surface area contributed by atoms with Crippen molar-refractivity contribution in [1.29, 1.82) is 0 Å². The topological polar surface area (TPSA) is 46.5 Å². The van der Waals surface area contributed by atoms with Crippen molar-refractivity contribution >= 4 is 33.3 Å². The number of aromatic hydroxyl groups is 1. The Hall–Kier alpha value is -2.59. The zero-order valence-electron chi connectivity index (χ0n) is 11.9. The number of thiophene rings is 1. The first-order chi connectivity index (χ1) is 10.7. The van der Waals surface area contributed by atoms with Crippen LogP contribution in [0.2, 0.25) is 0 Å². The fraction of sp³-hybridized carbons (Fsp3) is 0.0556. The summed E-state index contributed by atoms with van der Waals surface area (Å²) in [5.41, 5.74) is 0.233. The molecule has 0 bridgehead atoms. The Kier molecular flexibility index (Phi) is 3.94. The van der Waals surface area contributed by atoms with Crippen molar-refractivity contribution in [1.82, 2.24) is 0 Å². The highest BCUT2D eigenvalue weighted by atomic mass is 32.1. The van der Waals surface area contributed by atoms with Gasteiger partial charge in [-0.15, -0.1) is 11.3 Å². The van der Waals surface area contributed by atoms with Gasteiger partial charge in [-0.05, 0) is 47.9 Å². The molecule has 4 heteroatoms. The number of carbonyl (C=O) groups is 1. The third-order valence-corrected chi connectivity index (χ3v) is 4.39. The maximum atomic E-state index is 12.2. The van der Waals surface area contributed by atoms with Crippen LogP contribution in [-0.4, -0.2) is 18.0 Å². The van der Waals surface area contributed by atoms with E-state index in [0.717, 1.165) is 10.3 Å². The maximum absolute atomic E-state index is 12.2. The summed E-state index contributed by atoms with van der Waals surface area (Å²) in [5, 5.41) is 11.0. The molecule has 0 saturated carbocycles. The number of allylic oxidation sites excluding steroid dienone is 1. The summed E-state index contributed by atoms with van der Waals surface area (Å²) >= 11 is 1.62. The predicted molar refractivity (Wildman–Crippen MR) is 89.8 cm³/mol. The second kappa shape index (κ2) is 6.03. The second-order valence-electron chi connectivity index (χ2n) is 4.77. The lowest BCUT2D eigenvalue weighted by atomic mass is 10.1. The number of ether oxygens (including phenoxy) is 1. The van der Waals surface area contributed by atoms with Crippen LogP contribution in [0.4, 0.5) is 0 Å². The van der Waals surface area contributed by atoms with Crippen molar-refractivity contribution in [3.05, 3.63) is 65.0 Å². The van der Waals surface area contributed by atoms with Gasteiger partial charge < -0.3 is 9.84 Å². The first-order valence-corrected chi connectivity index (χ1v) is 7.57. The van der Waals surface area contributed by atoms with Gasteiger partial charge in [0.1, 0.15) is 11.5 Å². The molecule has 3 nitrogen and oxygen atoms in total. The molecule has 0 radical (unpaired) electrons. The van der Waals surface area contributed by atoms with E-state index in [0.29, 0.717) is 5.75 Å². The Morgan fingerprint density at radius 2 is 2.00 bits per heavy atom. The van der Waals surface area contributed by atoms with Crippen LogP contribution in [0, 0.1) is 0 Å². The molecule has 0 aliphatic heterocycles. The molecule has 1 N–H and O–H groups in total. The van der Waals surface area contributed by atoms with E-state index in [1.54, 1.807) is 23.5 Å². The van der Waals surface area contributed by atoms with Gasteiger partial charge >= 0.3 is 0 Å². The summed E-state index contributed by atoms with van der Waals surface area (Å²) in [6.45, 7) is 0. The number of benzene rings is 2. The minimum atomic E-state index is -0.256. The van der Waals surface area contributed by atoms with Crippen LogP contribution in [0.25, 0.3) is 16.2 Å². The highest BCUT2D eigenvalue weighted by Crippen LogP contribution is 2.27. The summed E-state index contributed by atoms with van der Waals surface area (Å²) in [7, 11) is 1.52. The average molecular weight is 310 g/mol. The van der Waals surface area contributed by atoms with Crippen molar-refractivity contribution in [2.75, 3.05) is 7.11 Å². The molecule has 2 aromatic carbocycles. The van der Waals surface area contributed by atoms with Gasteiger partial charge in [0.25, 0.3) is 0 Å². The fourth-order valence-corrected chi connectivity index (χ4v) is 3.14. The Morgan fingerprint density at radius 3 is 2.77 bits per heavy atom. The molecule has 3 rings (SSSR count). The first-order valence-electron chi connectivity index (χ1n) is 6.75. The number of rotatable bonds is 4. The Morgan fingerprint density at radius 1 is 1.18 bits per heavy atom. The summed E-state index contributed by atoms with van der Waals surface area (Å²) in [4.78, 5) is 13.2. The van der Waals surface area contributed by atoms with Crippen LogP contribution in [0.1, 0.15) is 15.2 Å². The molecule has 110 valence electrons. The number of phenolic OH excluding ortho intramolecular Hbond substituents is 1. The maximum Gasteiger partial charge on any atom is 0.189 e. The van der Waals surface area contributed by atoms with Gasteiger partial charge in [-0.1, -0.05) is 18.2 Å². The average Bonchev–Trinajstić information content (AvgIpc) is 2.96. The first kappa shape index (κ1) is 14.4. The summed E-state index contributed by atoms with van der Waals surface area (Å²) in [5.74, 6) is 0.233. The molecule has 3 aromatic rings. The number of methoxy groups -OCH3 is 1. The zero-order chi connectivity index (χ0) is 15.5. The van der Waals surface area contributed by atoms with E-state index in [9.17, 15) is 9.90 Å². The van der Waals surface area contributed by atoms with E-state index in [4.69, 9.17) is 4.74 Å². The standard InChI is InChI=1S/C18H14O3S/c1-21-13-6-8-16(19)15(11-13)17(20)9-7-14-10-12-4-2-3-5-18(12)22-14/h2-11,19H,1H3/b9-7+. The van der Waals surface area contributed by atoms with Crippen LogP contribution in [0.5, 0.6) is 11.5 Å². The number of phenols is 1. The van der Waals surface area contributed by atoms with Gasteiger partial charge in [-0.3, -0.25) is 4.79 Å². The van der Waals surface area contributed by atoms with E-state index in [1.165, 1.54) is 30.0 Å². The molecule has 0 atom stereocenters. The highest BCUT2D eigenvalue weighted by molar-refractivity contribution is 7.19. The normalized spacial score (nSPS) is 11.1. The number of fused-ring (bicyclic) bond motifs is 1.